The standard InChI is InChI=1S/C11H15NO4S2/c1-7(8-2-3-8)6-12-18(15,16)10-5-4-9(17-10)11(13)14/h4-5,7-8,12H,2-3,6H2,1H3,(H,13,14). The van der Waals surface area contributed by atoms with E-state index in [0.29, 0.717) is 18.4 Å². The second-order valence-corrected chi connectivity index (χ2v) is 7.67. The van der Waals surface area contributed by atoms with E-state index >= 15 is 0 Å². The highest BCUT2D eigenvalue weighted by molar-refractivity contribution is 7.91. The topological polar surface area (TPSA) is 83.5 Å². The molecule has 2 N–H and O–H groups in total. The zero-order valence-corrected chi connectivity index (χ0v) is 11.6. The minimum atomic E-state index is -3.57. The highest BCUT2D eigenvalue weighted by Crippen LogP contribution is 2.36. The van der Waals surface area contributed by atoms with Crippen molar-refractivity contribution < 1.29 is 18.3 Å². The van der Waals surface area contributed by atoms with Crippen molar-refractivity contribution in [3.05, 3.63) is 17.0 Å². The zero-order chi connectivity index (χ0) is 13.3. The highest BCUT2D eigenvalue weighted by atomic mass is 32.2. The van der Waals surface area contributed by atoms with Crippen molar-refractivity contribution >= 4 is 27.3 Å². The first kappa shape index (κ1) is 13.5. The van der Waals surface area contributed by atoms with Crippen LogP contribution in [0.3, 0.4) is 0 Å². The number of hydrogen-bond donors (Lipinski definition) is 2. The van der Waals surface area contributed by atoms with Crippen LogP contribution < -0.4 is 4.72 Å². The molecule has 0 aliphatic heterocycles. The van der Waals surface area contributed by atoms with Crippen LogP contribution in [0.5, 0.6) is 0 Å². The molecule has 1 heterocycles. The molecule has 0 amide bonds. The van der Waals surface area contributed by atoms with Crippen LogP contribution in [-0.2, 0) is 10.0 Å². The van der Waals surface area contributed by atoms with Gasteiger partial charge >= 0.3 is 5.97 Å². The molecule has 1 atom stereocenters. The Balaban J connectivity index is 2.02. The SMILES string of the molecule is CC(CNS(=O)(=O)c1ccc(C(=O)O)s1)C1CC1. The number of carboxylic acids is 1. The van der Waals surface area contributed by atoms with Gasteiger partial charge in [0.05, 0.1) is 0 Å². The molecule has 0 aromatic carbocycles. The van der Waals surface area contributed by atoms with Crippen molar-refractivity contribution in [1.82, 2.24) is 4.72 Å². The summed E-state index contributed by atoms with van der Waals surface area (Å²) in [4.78, 5) is 10.7. The monoisotopic (exact) mass is 289 g/mol. The molecule has 18 heavy (non-hydrogen) atoms. The molecule has 0 spiro atoms. The number of rotatable bonds is 6. The summed E-state index contributed by atoms with van der Waals surface area (Å²) in [6, 6.07) is 2.64. The number of thiophene rings is 1. The lowest BCUT2D eigenvalue weighted by Crippen LogP contribution is -2.28. The Morgan fingerprint density at radius 3 is 2.72 bits per heavy atom. The van der Waals surface area contributed by atoms with Gasteiger partial charge in [0.2, 0.25) is 10.0 Å². The summed E-state index contributed by atoms with van der Waals surface area (Å²) in [6.45, 7) is 2.44. The number of carboxylic acid groups (broad SMARTS) is 1. The molecule has 5 nitrogen and oxygen atoms in total. The van der Waals surface area contributed by atoms with Crippen molar-refractivity contribution in [2.24, 2.45) is 11.8 Å². The average molecular weight is 289 g/mol. The van der Waals surface area contributed by atoms with Crippen LogP contribution >= 0.6 is 11.3 Å². The number of hydrogen-bond acceptors (Lipinski definition) is 4. The van der Waals surface area contributed by atoms with Gasteiger partial charge < -0.3 is 5.11 Å². The minimum absolute atomic E-state index is 0.0330. The maximum absolute atomic E-state index is 11.9. The average Bonchev–Trinajstić information content (AvgIpc) is 3.02. The molecular weight excluding hydrogens is 274 g/mol. The van der Waals surface area contributed by atoms with Crippen LogP contribution in [0.4, 0.5) is 0 Å². The van der Waals surface area contributed by atoms with Crippen LogP contribution in [0.15, 0.2) is 16.3 Å². The molecule has 1 aromatic heterocycles. The number of sulfonamides is 1. The summed E-state index contributed by atoms with van der Waals surface area (Å²) in [5.41, 5.74) is 0. The molecule has 1 fully saturated rings. The lowest BCUT2D eigenvalue weighted by Gasteiger charge is -2.10. The van der Waals surface area contributed by atoms with E-state index in [-0.39, 0.29) is 9.09 Å². The Morgan fingerprint density at radius 2 is 2.22 bits per heavy atom. The lowest BCUT2D eigenvalue weighted by atomic mass is 10.1. The molecule has 7 heteroatoms. The molecule has 1 saturated carbocycles. The van der Waals surface area contributed by atoms with Gasteiger partial charge in [0.25, 0.3) is 0 Å². The van der Waals surface area contributed by atoms with E-state index in [0.717, 1.165) is 11.3 Å². The van der Waals surface area contributed by atoms with Gasteiger partial charge in [-0.3, -0.25) is 0 Å². The second kappa shape index (κ2) is 4.99. The van der Waals surface area contributed by atoms with Crippen LogP contribution in [-0.4, -0.2) is 26.0 Å². The molecule has 1 aromatic rings. The smallest absolute Gasteiger partial charge is 0.345 e. The third-order valence-corrected chi connectivity index (χ3v) is 6.07. The van der Waals surface area contributed by atoms with Gasteiger partial charge in [-0.2, -0.15) is 0 Å². The highest BCUT2D eigenvalue weighted by Gasteiger charge is 2.29. The summed E-state index contributed by atoms with van der Waals surface area (Å²) >= 11 is 0.774. The molecule has 2 rings (SSSR count). The fraction of sp³-hybridized carbons (Fsp3) is 0.545. The van der Waals surface area contributed by atoms with E-state index in [9.17, 15) is 13.2 Å². The van der Waals surface area contributed by atoms with Gasteiger partial charge in [-0.05, 0) is 36.8 Å². The molecule has 0 saturated heterocycles. The normalized spacial score (nSPS) is 17.6. The van der Waals surface area contributed by atoms with Crippen molar-refractivity contribution in [3.8, 4) is 0 Å². The predicted molar refractivity (Wildman–Crippen MR) is 68.4 cm³/mol. The fourth-order valence-electron chi connectivity index (χ4n) is 1.72. The summed E-state index contributed by atoms with van der Waals surface area (Å²) in [6.07, 6.45) is 2.34. The Bertz CT molecular complexity index is 545. The van der Waals surface area contributed by atoms with Crippen molar-refractivity contribution in [1.29, 1.82) is 0 Å². The van der Waals surface area contributed by atoms with Gasteiger partial charge in [0.1, 0.15) is 9.09 Å². The Hall–Kier alpha value is -0.920. The number of nitrogens with one attached hydrogen (secondary N) is 1. The van der Waals surface area contributed by atoms with Gasteiger partial charge in [-0.15, -0.1) is 11.3 Å². The minimum Gasteiger partial charge on any atom is -0.477 e. The quantitative estimate of drug-likeness (QED) is 0.836. The van der Waals surface area contributed by atoms with E-state index in [4.69, 9.17) is 5.11 Å². The molecule has 0 radical (unpaired) electrons. The first-order valence-electron chi connectivity index (χ1n) is 5.73. The van der Waals surface area contributed by atoms with E-state index in [1.54, 1.807) is 0 Å². The van der Waals surface area contributed by atoms with E-state index < -0.39 is 16.0 Å². The summed E-state index contributed by atoms with van der Waals surface area (Å²) < 4.78 is 26.4. The molecule has 1 aliphatic carbocycles. The first-order chi connectivity index (χ1) is 8.40. The van der Waals surface area contributed by atoms with Crippen LogP contribution in [0.2, 0.25) is 0 Å². The summed E-state index contributed by atoms with van der Waals surface area (Å²) in [5.74, 6) is -0.142. The second-order valence-electron chi connectivity index (χ2n) is 4.59. The Kier molecular flexibility index (Phi) is 3.74. The molecule has 1 unspecified atom stereocenters. The van der Waals surface area contributed by atoms with Crippen molar-refractivity contribution in [2.75, 3.05) is 6.54 Å². The third kappa shape index (κ3) is 3.09. The van der Waals surface area contributed by atoms with Gasteiger partial charge in [-0.25, -0.2) is 17.9 Å². The van der Waals surface area contributed by atoms with Gasteiger partial charge in [0, 0.05) is 6.54 Å². The van der Waals surface area contributed by atoms with Crippen LogP contribution in [0.25, 0.3) is 0 Å². The van der Waals surface area contributed by atoms with Gasteiger partial charge in [-0.1, -0.05) is 6.92 Å². The molecule has 100 valence electrons. The maximum atomic E-state index is 11.9. The Labute approximate surface area is 110 Å². The largest absolute Gasteiger partial charge is 0.477 e. The first-order valence-corrected chi connectivity index (χ1v) is 8.03. The molecular formula is C11H15NO4S2. The number of carbonyl (C=O) groups is 1. The third-order valence-electron chi connectivity index (χ3n) is 3.08. The zero-order valence-electron chi connectivity index (χ0n) is 9.92. The summed E-state index contributed by atoms with van der Waals surface area (Å²) in [7, 11) is -3.57. The van der Waals surface area contributed by atoms with Crippen molar-refractivity contribution in [3.63, 3.8) is 0 Å². The molecule has 1 aliphatic rings. The molecule has 0 bridgehead atoms. The van der Waals surface area contributed by atoms with Crippen molar-refractivity contribution in [2.45, 2.75) is 24.0 Å². The Morgan fingerprint density at radius 1 is 1.56 bits per heavy atom. The van der Waals surface area contributed by atoms with E-state index in [1.165, 1.54) is 25.0 Å². The van der Waals surface area contributed by atoms with Crippen LogP contribution in [0, 0.1) is 11.8 Å². The fourth-order valence-corrected chi connectivity index (χ4v) is 4.06. The number of aromatic carboxylic acids is 1. The predicted octanol–water partition coefficient (Wildman–Crippen LogP) is 1.77. The lowest BCUT2D eigenvalue weighted by molar-refractivity contribution is 0.0702. The van der Waals surface area contributed by atoms with Crippen LogP contribution in [0.1, 0.15) is 29.4 Å². The summed E-state index contributed by atoms with van der Waals surface area (Å²) in [5, 5.41) is 8.76. The maximum Gasteiger partial charge on any atom is 0.345 e. The van der Waals surface area contributed by atoms with E-state index in [1.807, 2.05) is 6.92 Å². The van der Waals surface area contributed by atoms with Gasteiger partial charge in [0.15, 0.2) is 0 Å². The van der Waals surface area contributed by atoms with E-state index in [2.05, 4.69) is 4.72 Å².